The zero-order chi connectivity index (χ0) is 9.78. The van der Waals surface area contributed by atoms with Crippen LogP contribution in [0.25, 0.3) is 0 Å². The van der Waals surface area contributed by atoms with E-state index in [1.807, 2.05) is 0 Å². The fourth-order valence-electron chi connectivity index (χ4n) is 1.27. The van der Waals surface area contributed by atoms with E-state index < -0.39 is 0 Å². The summed E-state index contributed by atoms with van der Waals surface area (Å²) in [5, 5.41) is 0. The third-order valence-electron chi connectivity index (χ3n) is 2.67. The Labute approximate surface area is 78.1 Å². The van der Waals surface area contributed by atoms with Crippen LogP contribution in [0.4, 0.5) is 0 Å². The van der Waals surface area contributed by atoms with Gasteiger partial charge in [-0.15, -0.1) is 0 Å². The highest BCUT2D eigenvalue weighted by molar-refractivity contribution is 5.15. The van der Waals surface area contributed by atoms with E-state index in [4.69, 9.17) is 0 Å². The van der Waals surface area contributed by atoms with Gasteiger partial charge in [0.2, 0.25) is 0 Å². The Kier molecular flexibility index (Phi) is 4.59. The fourth-order valence-corrected chi connectivity index (χ4v) is 1.27. The second-order valence-corrected chi connectivity index (χ2v) is 4.76. The van der Waals surface area contributed by atoms with Crippen molar-refractivity contribution in [2.75, 3.05) is 0 Å². The number of allylic oxidation sites excluding steroid dienone is 2. The minimum Gasteiger partial charge on any atom is -0.0739 e. The molecule has 0 aromatic rings. The second-order valence-electron chi connectivity index (χ2n) is 4.76. The molecule has 0 atom stereocenters. The molecule has 0 N–H and O–H groups in total. The zero-order valence-electron chi connectivity index (χ0n) is 9.62. The van der Waals surface area contributed by atoms with Crippen molar-refractivity contribution in [3.63, 3.8) is 0 Å². The van der Waals surface area contributed by atoms with Crippen LogP contribution in [0, 0.1) is 5.41 Å². The van der Waals surface area contributed by atoms with Crippen molar-refractivity contribution in [1.29, 1.82) is 0 Å². The van der Waals surface area contributed by atoms with Crippen molar-refractivity contribution < 1.29 is 0 Å². The largest absolute Gasteiger partial charge is 0.0739 e. The molecule has 0 heterocycles. The Bertz CT molecular complexity index is 155. The minimum absolute atomic E-state index is 0.359. The normalized spacial score (nSPS) is 14.5. The molecule has 0 aliphatic rings. The van der Waals surface area contributed by atoms with Crippen LogP contribution in [0.2, 0.25) is 0 Å². The van der Waals surface area contributed by atoms with Gasteiger partial charge in [-0.05, 0) is 32.1 Å². The predicted molar refractivity (Wildman–Crippen MR) is 57.4 cm³/mol. The SMILES string of the molecule is CCCCC(C)=C(C)C(C)(C)C. The van der Waals surface area contributed by atoms with Gasteiger partial charge in [0.25, 0.3) is 0 Å². The molecular formula is C12H24. The molecule has 0 bridgehead atoms. The van der Waals surface area contributed by atoms with Gasteiger partial charge in [0.15, 0.2) is 0 Å². The molecule has 0 saturated heterocycles. The van der Waals surface area contributed by atoms with Gasteiger partial charge in [0.1, 0.15) is 0 Å². The average molecular weight is 168 g/mol. The summed E-state index contributed by atoms with van der Waals surface area (Å²) in [7, 11) is 0. The summed E-state index contributed by atoms with van der Waals surface area (Å²) < 4.78 is 0. The van der Waals surface area contributed by atoms with Gasteiger partial charge >= 0.3 is 0 Å². The van der Waals surface area contributed by atoms with Crippen LogP contribution in [0.15, 0.2) is 11.1 Å². The smallest absolute Gasteiger partial charge is 0.0173 e. The summed E-state index contributed by atoms with van der Waals surface area (Å²) in [6.45, 7) is 13.7. The molecule has 0 aromatic carbocycles. The molecule has 0 saturated carbocycles. The first kappa shape index (κ1) is 11.7. The Morgan fingerprint density at radius 3 is 1.92 bits per heavy atom. The molecule has 0 nitrogen and oxygen atoms in total. The van der Waals surface area contributed by atoms with Crippen molar-refractivity contribution in [3.05, 3.63) is 11.1 Å². The summed E-state index contributed by atoms with van der Waals surface area (Å²) in [5.74, 6) is 0. The third-order valence-corrected chi connectivity index (χ3v) is 2.67. The molecule has 72 valence electrons. The van der Waals surface area contributed by atoms with Crippen molar-refractivity contribution in [1.82, 2.24) is 0 Å². The van der Waals surface area contributed by atoms with Gasteiger partial charge in [-0.25, -0.2) is 0 Å². The molecule has 0 heteroatoms. The quantitative estimate of drug-likeness (QED) is 0.542. The highest BCUT2D eigenvalue weighted by atomic mass is 14.2. The van der Waals surface area contributed by atoms with Gasteiger partial charge in [-0.1, -0.05) is 45.3 Å². The van der Waals surface area contributed by atoms with Crippen molar-refractivity contribution in [3.8, 4) is 0 Å². The monoisotopic (exact) mass is 168 g/mol. The molecule has 0 aliphatic carbocycles. The minimum atomic E-state index is 0.359. The standard InChI is InChI=1S/C12H24/c1-7-8-9-10(2)11(3)12(4,5)6/h7-9H2,1-6H3. The predicted octanol–water partition coefficient (Wildman–Crippen LogP) is 4.56. The maximum Gasteiger partial charge on any atom is -0.0173 e. The summed E-state index contributed by atoms with van der Waals surface area (Å²) in [5.41, 5.74) is 3.51. The number of rotatable bonds is 3. The Morgan fingerprint density at radius 2 is 1.58 bits per heavy atom. The van der Waals surface area contributed by atoms with Gasteiger partial charge < -0.3 is 0 Å². The van der Waals surface area contributed by atoms with Crippen LogP contribution in [0.1, 0.15) is 60.8 Å². The van der Waals surface area contributed by atoms with E-state index in [-0.39, 0.29) is 0 Å². The fraction of sp³-hybridized carbons (Fsp3) is 0.833. The first-order valence-electron chi connectivity index (χ1n) is 5.06. The lowest BCUT2D eigenvalue weighted by Gasteiger charge is -2.22. The average Bonchev–Trinajstić information content (AvgIpc) is 1.97. The highest BCUT2D eigenvalue weighted by Gasteiger charge is 2.14. The van der Waals surface area contributed by atoms with Crippen molar-refractivity contribution in [2.24, 2.45) is 5.41 Å². The molecule has 0 fully saturated rings. The maximum absolute atomic E-state index is 2.29. The second kappa shape index (κ2) is 4.69. The maximum atomic E-state index is 2.29. The lowest BCUT2D eigenvalue weighted by Crippen LogP contribution is -2.08. The first-order valence-corrected chi connectivity index (χ1v) is 5.06. The third kappa shape index (κ3) is 3.94. The van der Waals surface area contributed by atoms with E-state index >= 15 is 0 Å². The van der Waals surface area contributed by atoms with E-state index in [9.17, 15) is 0 Å². The molecular weight excluding hydrogens is 144 g/mol. The highest BCUT2D eigenvalue weighted by Crippen LogP contribution is 2.28. The number of hydrogen-bond acceptors (Lipinski definition) is 0. The lowest BCUT2D eigenvalue weighted by molar-refractivity contribution is 0.494. The van der Waals surface area contributed by atoms with Gasteiger partial charge in [0, 0.05) is 0 Å². The van der Waals surface area contributed by atoms with E-state index in [2.05, 4.69) is 41.5 Å². The number of unbranched alkanes of at least 4 members (excludes halogenated alkanes) is 1. The zero-order valence-corrected chi connectivity index (χ0v) is 9.62. The lowest BCUT2D eigenvalue weighted by atomic mass is 9.84. The molecule has 0 aromatic heterocycles. The van der Waals surface area contributed by atoms with Gasteiger partial charge in [-0.2, -0.15) is 0 Å². The Morgan fingerprint density at radius 1 is 1.08 bits per heavy atom. The number of hydrogen-bond donors (Lipinski definition) is 0. The summed E-state index contributed by atoms with van der Waals surface area (Å²) in [4.78, 5) is 0. The van der Waals surface area contributed by atoms with Gasteiger partial charge in [-0.3, -0.25) is 0 Å². The molecule has 12 heavy (non-hydrogen) atoms. The van der Waals surface area contributed by atoms with Crippen LogP contribution in [0.3, 0.4) is 0 Å². The van der Waals surface area contributed by atoms with E-state index in [0.717, 1.165) is 0 Å². The van der Waals surface area contributed by atoms with Crippen LogP contribution < -0.4 is 0 Å². The van der Waals surface area contributed by atoms with Crippen LogP contribution in [-0.4, -0.2) is 0 Å². The molecule has 0 unspecified atom stereocenters. The van der Waals surface area contributed by atoms with Crippen LogP contribution >= 0.6 is 0 Å². The Balaban J connectivity index is 4.26. The molecule has 0 aliphatic heterocycles. The van der Waals surface area contributed by atoms with E-state index in [1.165, 1.54) is 19.3 Å². The Hall–Kier alpha value is -0.260. The van der Waals surface area contributed by atoms with E-state index in [1.54, 1.807) is 11.1 Å². The molecule has 0 amide bonds. The molecule has 0 radical (unpaired) electrons. The topological polar surface area (TPSA) is 0 Å². The van der Waals surface area contributed by atoms with Gasteiger partial charge in [0.05, 0.1) is 0 Å². The molecule has 0 rings (SSSR count). The van der Waals surface area contributed by atoms with Crippen molar-refractivity contribution >= 4 is 0 Å². The summed E-state index contributed by atoms with van der Waals surface area (Å²) in [6, 6.07) is 0. The summed E-state index contributed by atoms with van der Waals surface area (Å²) in [6.07, 6.45) is 3.91. The molecule has 0 spiro atoms. The van der Waals surface area contributed by atoms with E-state index in [0.29, 0.717) is 5.41 Å². The first-order chi connectivity index (χ1) is 5.39. The summed E-state index contributed by atoms with van der Waals surface area (Å²) >= 11 is 0. The van der Waals surface area contributed by atoms with Crippen molar-refractivity contribution in [2.45, 2.75) is 60.8 Å². The van der Waals surface area contributed by atoms with Crippen LogP contribution in [0.5, 0.6) is 0 Å². The van der Waals surface area contributed by atoms with Crippen LogP contribution in [-0.2, 0) is 0 Å².